The van der Waals surface area contributed by atoms with Crippen LogP contribution >= 0.6 is 11.3 Å². The van der Waals surface area contributed by atoms with Crippen molar-refractivity contribution in [2.24, 2.45) is 0 Å². The zero-order chi connectivity index (χ0) is 14.9. The first kappa shape index (κ1) is 14.3. The fourth-order valence-electron chi connectivity index (χ4n) is 2.86. The fourth-order valence-corrected chi connectivity index (χ4v) is 3.71. The molecular weight excluding hydrogens is 285 g/mol. The molecule has 3 rings (SSSR count). The molecule has 1 aliphatic rings. The quantitative estimate of drug-likeness (QED) is 0.911. The minimum absolute atomic E-state index is 0.0631. The summed E-state index contributed by atoms with van der Waals surface area (Å²) in [4.78, 5) is 13.8. The lowest BCUT2D eigenvalue weighted by atomic mass is 9.64. The third-order valence-electron chi connectivity index (χ3n) is 4.42. The van der Waals surface area contributed by atoms with Crippen LogP contribution in [0.3, 0.4) is 0 Å². The molecule has 21 heavy (non-hydrogen) atoms. The van der Waals surface area contributed by atoms with E-state index in [2.05, 4.69) is 18.3 Å². The molecular formula is C17H18FNOS. The number of amides is 1. The van der Waals surface area contributed by atoms with E-state index in [1.165, 1.54) is 22.6 Å². The Balaban J connectivity index is 1.75. The molecule has 1 saturated carbocycles. The summed E-state index contributed by atoms with van der Waals surface area (Å²) in [6.07, 6.45) is 2.73. The minimum atomic E-state index is -0.459. The monoisotopic (exact) mass is 303 g/mol. The Morgan fingerprint density at radius 1 is 1.29 bits per heavy atom. The minimum Gasteiger partial charge on any atom is -0.350 e. The van der Waals surface area contributed by atoms with Crippen LogP contribution in [0.5, 0.6) is 0 Å². The molecule has 110 valence electrons. The summed E-state index contributed by atoms with van der Waals surface area (Å²) in [5, 5.41) is 5.10. The van der Waals surface area contributed by atoms with Crippen molar-refractivity contribution in [3.8, 4) is 0 Å². The van der Waals surface area contributed by atoms with Crippen molar-refractivity contribution in [3.63, 3.8) is 0 Å². The Hall–Kier alpha value is -1.68. The third kappa shape index (κ3) is 2.60. The lowest BCUT2D eigenvalue weighted by Gasteiger charge is -2.40. The summed E-state index contributed by atoms with van der Waals surface area (Å²) in [6, 6.07) is 8.42. The maximum absolute atomic E-state index is 13.1. The highest BCUT2D eigenvalue weighted by atomic mass is 32.1. The molecule has 0 aliphatic heterocycles. The average molecular weight is 303 g/mol. The van der Waals surface area contributed by atoms with Gasteiger partial charge in [0.05, 0.1) is 12.0 Å². The molecule has 1 amide bonds. The Bertz CT molecular complexity index is 643. The summed E-state index contributed by atoms with van der Waals surface area (Å²) in [5.74, 6) is -0.198. The molecule has 0 spiro atoms. The predicted molar refractivity (Wildman–Crippen MR) is 82.8 cm³/mol. The van der Waals surface area contributed by atoms with E-state index in [0.717, 1.165) is 24.8 Å². The first-order valence-corrected chi connectivity index (χ1v) is 8.07. The normalized spacial score (nSPS) is 16.3. The Labute approximate surface area is 128 Å². The van der Waals surface area contributed by atoms with Crippen LogP contribution in [0, 0.1) is 12.7 Å². The van der Waals surface area contributed by atoms with Gasteiger partial charge in [0.1, 0.15) is 5.82 Å². The van der Waals surface area contributed by atoms with Crippen LogP contribution in [0.2, 0.25) is 0 Å². The highest BCUT2D eigenvalue weighted by Crippen LogP contribution is 2.44. The number of thiophene rings is 1. The first-order chi connectivity index (χ1) is 10.1. The van der Waals surface area contributed by atoms with E-state index in [9.17, 15) is 9.18 Å². The van der Waals surface area contributed by atoms with Crippen LogP contribution in [0.4, 0.5) is 4.39 Å². The van der Waals surface area contributed by atoms with Crippen LogP contribution in [-0.4, -0.2) is 5.91 Å². The van der Waals surface area contributed by atoms with Crippen LogP contribution in [0.15, 0.2) is 35.7 Å². The molecule has 4 heteroatoms. The van der Waals surface area contributed by atoms with Gasteiger partial charge < -0.3 is 5.32 Å². The van der Waals surface area contributed by atoms with E-state index >= 15 is 0 Å². The molecule has 1 aromatic heterocycles. The highest BCUT2D eigenvalue weighted by molar-refractivity contribution is 7.10. The van der Waals surface area contributed by atoms with Gasteiger partial charge >= 0.3 is 0 Å². The molecule has 0 saturated heterocycles. The Morgan fingerprint density at radius 3 is 2.52 bits per heavy atom. The second-order valence-corrected chi connectivity index (χ2v) is 6.65. The van der Waals surface area contributed by atoms with Crippen molar-refractivity contribution < 1.29 is 9.18 Å². The van der Waals surface area contributed by atoms with Crippen molar-refractivity contribution in [1.82, 2.24) is 5.32 Å². The van der Waals surface area contributed by atoms with Crippen molar-refractivity contribution in [1.29, 1.82) is 0 Å². The Morgan fingerprint density at radius 2 is 2.00 bits per heavy atom. The predicted octanol–water partition coefficient (Wildman–Crippen LogP) is 3.93. The van der Waals surface area contributed by atoms with Gasteiger partial charge in [0.25, 0.3) is 0 Å². The number of aryl methyl sites for hydroxylation is 1. The molecule has 2 aromatic rings. The van der Waals surface area contributed by atoms with Crippen LogP contribution in [0.1, 0.15) is 35.3 Å². The van der Waals surface area contributed by atoms with Gasteiger partial charge in [0, 0.05) is 4.88 Å². The van der Waals surface area contributed by atoms with E-state index in [0.29, 0.717) is 6.54 Å². The molecule has 0 bridgehead atoms. The second kappa shape index (κ2) is 5.60. The summed E-state index contributed by atoms with van der Waals surface area (Å²) >= 11 is 1.66. The summed E-state index contributed by atoms with van der Waals surface area (Å²) in [6.45, 7) is 2.63. The van der Waals surface area contributed by atoms with E-state index in [-0.39, 0.29) is 11.7 Å². The maximum atomic E-state index is 13.1. The van der Waals surface area contributed by atoms with Gasteiger partial charge in [-0.25, -0.2) is 4.39 Å². The summed E-state index contributed by atoms with van der Waals surface area (Å²) < 4.78 is 13.1. The van der Waals surface area contributed by atoms with E-state index in [1.54, 1.807) is 23.5 Å². The SMILES string of the molecule is Cc1ccsc1CNC(=O)C1(c2ccc(F)cc2)CCC1. The lowest BCUT2D eigenvalue weighted by molar-refractivity contribution is -0.130. The largest absolute Gasteiger partial charge is 0.350 e. The topological polar surface area (TPSA) is 29.1 Å². The molecule has 1 aromatic carbocycles. The lowest BCUT2D eigenvalue weighted by Crippen LogP contribution is -2.48. The van der Waals surface area contributed by atoms with E-state index in [1.807, 2.05) is 5.38 Å². The first-order valence-electron chi connectivity index (χ1n) is 7.19. The van der Waals surface area contributed by atoms with E-state index < -0.39 is 5.41 Å². The molecule has 0 radical (unpaired) electrons. The van der Waals surface area contributed by atoms with Crippen molar-refractivity contribution in [2.75, 3.05) is 0 Å². The average Bonchev–Trinajstić information content (AvgIpc) is 2.83. The standard InChI is InChI=1S/C17H18FNOS/c1-12-7-10-21-15(12)11-19-16(20)17(8-2-9-17)13-3-5-14(18)6-4-13/h3-7,10H,2,8-9,11H2,1H3,(H,19,20). The smallest absolute Gasteiger partial charge is 0.230 e. The van der Waals surface area contributed by atoms with Gasteiger partial charge in [0.15, 0.2) is 0 Å². The van der Waals surface area contributed by atoms with Gasteiger partial charge in [-0.2, -0.15) is 0 Å². The van der Waals surface area contributed by atoms with Crippen molar-refractivity contribution >= 4 is 17.2 Å². The molecule has 1 aliphatic carbocycles. The molecule has 0 unspecified atom stereocenters. The van der Waals surface area contributed by atoms with Gasteiger partial charge in [0.2, 0.25) is 5.91 Å². The zero-order valence-corrected chi connectivity index (χ0v) is 12.8. The molecule has 1 N–H and O–H groups in total. The van der Waals surface area contributed by atoms with Crippen LogP contribution in [0.25, 0.3) is 0 Å². The van der Waals surface area contributed by atoms with Gasteiger partial charge in [-0.15, -0.1) is 11.3 Å². The molecule has 0 atom stereocenters. The molecule has 1 fully saturated rings. The number of hydrogen-bond donors (Lipinski definition) is 1. The molecule has 2 nitrogen and oxygen atoms in total. The number of rotatable bonds is 4. The van der Waals surface area contributed by atoms with Crippen molar-refractivity contribution in [3.05, 3.63) is 57.5 Å². The van der Waals surface area contributed by atoms with Crippen LogP contribution < -0.4 is 5.32 Å². The van der Waals surface area contributed by atoms with E-state index in [4.69, 9.17) is 0 Å². The number of halogens is 1. The number of carbonyl (C=O) groups excluding carboxylic acids is 1. The van der Waals surface area contributed by atoms with Gasteiger partial charge in [-0.1, -0.05) is 18.6 Å². The fraction of sp³-hybridized carbons (Fsp3) is 0.353. The van der Waals surface area contributed by atoms with Crippen LogP contribution in [-0.2, 0) is 16.8 Å². The third-order valence-corrected chi connectivity index (χ3v) is 5.44. The summed E-state index contributed by atoms with van der Waals surface area (Å²) in [5.41, 5.74) is 1.68. The van der Waals surface area contributed by atoms with Crippen molar-refractivity contribution in [2.45, 2.75) is 38.1 Å². The number of nitrogens with one attached hydrogen (secondary N) is 1. The number of benzene rings is 1. The number of hydrogen-bond acceptors (Lipinski definition) is 2. The van der Waals surface area contributed by atoms with Gasteiger partial charge in [-0.3, -0.25) is 4.79 Å². The maximum Gasteiger partial charge on any atom is 0.230 e. The zero-order valence-electron chi connectivity index (χ0n) is 12.0. The highest BCUT2D eigenvalue weighted by Gasteiger charge is 2.45. The molecule has 1 heterocycles. The number of carbonyl (C=O) groups is 1. The second-order valence-electron chi connectivity index (χ2n) is 5.65. The summed E-state index contributed by atoms with van der Waals surface area (Å²) in [7, 11) is 0. The van der Waals surface area contributed by atoms with Gasteiger partial charge in [-0.05, 0) is 54.5 Å². The Kier molecular flexibility index (Phi) is 3.81.